The highest BCUT2D eigenvalue weighted by Gasteiger charge is 2.29. The number of aliphatic imine (C=N–C) groups is 1. The number of hydrogen-bond acceptors (Lipinski definition) is 6. The van der Waals surface area contributed by atoms with E-state index in [0.29, 0.717) is 38.9 Å². The fraction of sp³-hybridized carbons (Fsp3) is 0.500. The maximum atomic E-state index is 5.98. The van der Waals surface area contributed by atoms with Gasteiger partial charge in [0.25, 0.3) is 0 Å². The van der Waals surface area contributed by atoms with Gasteiger partial charge in [0.1, 0.15) is 13.2 Å². The van der Waals surface area contributed by atoms with Crippen molar-refractivity contribution in [3.8, 4) is 11.5 Å². The molecule has 114 valence electrons. The van der Waals surface area contributed by atoms with Gasteiger partial charge >= 0.3 is 0 Å². The Morgan fingerprint density at radius 2 is 2.24 bits per heavy atom. The Morgan fingerprint density at radius 1 is 1.43 bits per heavy atom. The number of methoxy groups -OCH3 is 1. The van der Waals surface area contributed by atoms with Gasteiger partial charge in [-0.2, -0.15) is 0 Å². The SMILES string of the molecule is COCCN1C(N)=NCC1c1cc(Br)c2c(c1)OCCO2. The van der Waals surface area contributed by atoms with Crippen LogP contribution in [0.5, 0.6) is 11.5 Å². The summed E-state index contributed by atoms with van der Waals surface area (Å²) in [4.78, 5) is 6.40. The molecule has 0 aliphatic carbocycles. The first-order valence-electron chi connectivity index (χ1n) is 6.85. The largest absolute Gasteiger partial charge is 0.486 e. The van der Waals surface area contributed by atoms with Crippen LogP contribution in [0, 0.1) is 0 Å². The van der Waals surface area contributed by atoms with E-state index in [-0.39, 0.29) is 6.04 Å². The molecule has 0 saturated carbocycles. The Morgan fingerprint density at radius 3 is 3.05 bits per heavy atom. The number of nitrogens with two attached hydrogens (primary N) is 1. The molecule has 1 atom stereocenters. The van der Waals surface area contributed by atoms with E-state index in [0.717, 1.165) is 21.5 Å². The number of halogens is 1. The summed E-state index contributed by atoms with van der Waals surface area (Å²) in [6, 6.07) is 4.16. The molecular weight excluding hydrogens is 338 g/mol. The lowest BCUT2D eigenvalue weighted by atomic mass is 10.1. The lowest BCUT2D eigenvalue weighted by Gasteiger charge is -2.28. The molecule has 6 nitrogen and oxygen atoms in total. The molecule has 7 heteroatoms. The average molecular weight is 356 g/mol. The maximum Gasteiger partial charge on any atom is 0.192 e. The van der Waals surface area contributed by atoms with E-state index in [1.54, 1.807) is 7.11 Å². The highest BCUT2D eigenvalue weighted by molar-refractivity contribution is 9.10. The standard InChI is InChI=1S/C14H18BrN3O3/c1-19-3-2-18-11(8-17-14(18)16)9-6-10(15)13-12(7-9)20-4-5-21-13/h6-7,11H,2-5,8H2,1H3,(H2,16,17). The summed E-state index contributed by atoms with van der Waals surface area (Å²) in [5, 5.41) is 0. The first kappa shape index (κ1) is 14.5. The minimum absolute atomic E-state index is 0.104. The third kappa shape index (κ3) is 2.80. The van der Waals surface area contributed by atoms with Crippen molar-refractivity contribution in [3.05, 3.63) is 22.2 Å². The Labute approximate surface area is 132 Å². The second-order valence-electron chi connectivity index (χ2n) is 4.93. The summed E-state index contributed by atoms with van der Waals surface area (Å²) in [5.74, 6) is 2.09. The van der Waals surface area contributed by atoms with Gasteiger partial charge in [-0.25, -0.2) is 0 Å². The summed E-state index contributed by atoms with van der Waals surface area (Å²) in [7, 11) is 1.68. The van der Waals surface area contributed by atoms with Crippen LogP contribution in [0.2, 0.25) is 0 Å². The van der Waals surface area contributed by atoms with Gasteiger partial charge in [-0.1, -0.05) is 0 Å². The maximum absolute atomic E-state index is 5.98. The highest BCUT2D eigenvalue weighted by atomic mass is 79.9. The van der Waals surface area contributed by atoms with Gasteiger partial charge < -0.3 is 24.8 Å². The zero-order valence-corrected chi connectivity index (χ0v) is 13.4. The summed E-state index contributed by atoms with van der Waals surface area (Å²) >= 11 is 3.55. The summed E-state index contributed by atoms with van der Waals surface area (Å²) in [5.41, 5.74) is 7.08. The zero-order valence-electron chi connectivity index (χ0n) is 11.8. The molecular formula is C14H18BrN3O3. The van der Waals surface area contributed by atoms with Crippen molar-refractivity contribution in [2.45, 2.75) is 6.04 Å². The summed E-state index contributed by atoms with van der Waals surface area (Å²) < 4.78 is 17.3. The number of hydrogen-bond donors (Lipinski definition) is 1. The number of rotatable bonds is 4. The molecule has 1 unspecified atom stereocenters. The average Bonchev–Trinajstić information content (AvgIpc) is 2.86. The molecule has 21 heavy (non-hydrogen) atoms. The van der Waals surface area contributed by atoms with Gasteiger partial charge in [-0.05, 0) is 33.6 Å². The predicted octanol–water partition coefficient (Wildman–Crippen LogP) is 1.54. The molecule has 3 rings (SSSR count). The smallest absolute Gasteiger partial charge is 0.192 e. The van der Waals surface area contributed by atoms with Crippen molar-refractivity contribution in [1.82, 2.24) is 4.90 Å². The minimum Gasteiger partial charge on any atom is -0.486 e. The van der Waals surface area contributed by atoms with Crippen LogP contribution in [0.25, 0.3) is 0 Å². The number of nitrogens with zero attached hydrogens (tertiary/aromatic N) is 2. The van der Waals surface area contributed by atoms with E-state index in [9.17, 15) is 0 Å². The van der Waals surface area contributed by atoms with Crippen LogP contribution >= 0.6 is 15.9 Å². The van der Waals surface area contributed by atoms with E-state index >= 15 is 0 Å². The number of ether oxygens (including phenoxy) is 3. The third-order valence-corrected chi connectivity index (χ3v) is 4.23. The second-order valence-corrected chi connectivity index (χ2v) is 5.78. The van der Waals surface area contributed by atoms with Crippen LogP contribution in [-0.2, 0) is 4.74 Å². The fourth-order valence-electron chi connectivity index (χ4n) is 2.60. The Bertz CT molecular complexity index is 565. The van der Waals surface area contributed by atoms with Crippen molar-refractivity contribution in [2.24, 2.45) is 10.7 Å². The topological polar surface area (TPSA) is 69.3 Å². The molecule has 0 radical (unpaired) electrons. The molecule has 2 aliphatic rings. The van der Waals surface area contributed by atoms with Crippen LogP contribution in [0.15, 0.2) is 21.6 Å². The van der Waals surface area contributed by atoms with Crippen LogP contribution < -0.4 is 15.2 Å². The fourth-order valence-corrected chi connectivity index (χ4v) is 3.17. The lowest BCUT2D eigenvalue weighted by Crippen LogP contribution is -2.38. The quantitative estimate of drug-likeness (QED) is 0.886. The van der Waals surface area contributed by atoms with E-state index in [1.807, 2.05) is 12.1 Å². The van der Waals surface area contributed by atoms with Crippen LogP contribution in [0.4, 0.5) is 0 Å². The van der Waals surface area contributed by atoms with Gasteiger partial charge in [-0.15, -0.1) is 0 Å². The Hall–Kier alpha value is -1.47. The van der Waals surface area contributed by atoms with Crippen molar-refractivity contribution >= 4 is 21.9 Å². The van der Waals surface area contributed by atoms with E-state index in [2.05, 4.69) is 25.8 Å². The zero-order chi connectivity index (χ0) is 14.8. The number of guanidine groups is 1. The predicted molar refractivity (Wildman–Crippen MR) is 82.9 cm³/mol. The van der Waals surface area contributed by atoms with Gasteiger partial charge in [0.2, 0.25) is 0 Å². The first-order valence-corrected chi connectivity index (χ1v) is 7.64. The first-order chi connectivity index (χ1) is 10.2. The molecule has 2 heterocycles. The molecule has 1 aromatic carbocycles. The second kappa shape index (κ2) is 6.11. The minimum atomic E-state index is 0.104. The molecule has 0 amide bonds. The number of fused-ring (bicyclic) bond motifs is 1. The molecule has 0 spiro atoms. The molecule has 0 saturated heterocycles. The van der Waals surface area contributed by atoms with Crippen molar-refractivity contribution < 1.29 is 14.2 Å². The molecule has 1 aromatic rings. The van der Waals surface area contributed by atoms with E-state index in [4.69, 9.17) is 19.9 Å². The summed E-state index contributed by atoms with van der Waals surface area (Å²) in [6.07, 6.45) is 0. The highest BCUT2D eigenvalue weighted by Crippen LogP contribution is 2.41. The van der Waals surface area contributed by atoms with Crippen molar-refractivity contribution in [3.63, 3.8) is 0 Å². The molecule has 0 fully saturated rings. The van der Waals surface area contributed by atoms with Crippen molar-refractivity contribution in [2.75, 3.05) is 40.0 Å². The molecule has 0 aromatic heterocycles. The van der Waals surface area contributed by atoms with Gasteiger partial charge in [0.05, 0.1) is 23.7 Å². The normalized spacial score (nSPS) is 20.6. The molecule has 2 N–H and O–H groups in total. The van der Waals surface area contributed by atoms with Crippen LogP contribution in [0.1, 0.15) is 11.6 Å². The lowest BCUT2D eigenvalue weighted by molar-refractivity contribution is 0.164. The molecule has 2 aliphatic heterocycles. The van der Waals surface area contributed by atoms with E-state index < -0.39 is 0 Å². The van der Waals surface area contributed by atoms with E-state index in [1.165, 1.54) is 0 Å². The van der Waals surface area contributed by atoms with Crippen LogP contribution in [0.3, 0.4) is 0 Å². The number of benzene rings is 1. The monoisotopic (exact) mass is 355 g/mol. The molecule has 0 bridgehead atoms. The van der Waals surface area contributed by atoms with Crippen LogP contribution in [-0.4, -0.2) is 50.9 Å². The van der Waals surface area contributed by atoms with Gasteiger partial charge in [0.15, 0.2) is 17.5 Å². The van der Waals surface area contributed by atoms with Gasteiger partial charge in [0, 0.05) is 13.7 Å². The third-order valence-electron chi connectivity index (χ3n) is 3.64. The Balaban J connectivity index is 1.88. The van der Waals surface area contributed by atoms with Gasteiger partial charge in [-0.3, -0.25) is 4.99 Å². The Kier molecular flexibility index (Phi) is 4.21. The van der Waals surface area contributed by atoms with Crippen molar-refractivity contribution in [1.29, 1.82) is 0 Å². The summed E-state index contributed by atoms with van der Waals surface area (Å²) in [6.45, 7) is 3.10.